The number of nitrogens with zero attached hydrogens (tertiary/aromatic N) is 2. The number of urea groups is 1. The molecule has 0 aliphatic carbocycles. The van der Waals surface area contributed by atoms with Crippen molar-refractivity contribution in [1.29, 1.82) is 0 Å². The number of aliphatic hydroxyl groups excluding tert-OH is 1. The highest BCUT2D eigenvalue weighted by atomic mass is 79.9. The van der Waals surface area contributed by atoms with Crippen LogP contribution in [0.3, 0.4) is 0 Å². The smallest absolute Gasteiger partial charge is 0.325 e. The van der Waals surface area contributed by atoms with Crippen molar-refractivity contribution in [2.45, 2.75) is 24.8 Å². The summed E-state index contributed by atoms with van der Waals surface area (Å²) in [5.74, 6) is -0.191. The number of halogens is 2. The molecule has 10 heteroatoms. The fraction of sp³-hybridized carbons (Fsp3) is 0.233. The van der Waals surface area contributed by atoms with Crippen LogP contribution in [0.5, 0.6) is 5.75 Å². The molecule has 1 aliphatic heterocycles. The molecule has 4 aromatic rings. The van der Waals surface area contributed by atoms with Crippen LogP contribution in [0.25, 0.3) is 11.3 Å². The number of ether oxygens (including phenoxy) is 1. The molecule has 0 radical (unpaired) electrons. The Morgan fingerprint density at radius 2 is 1.85 bits per heavy atom. The molecule has 0 saturated carbocycles. The average Bonchev–Trinajstić information content (AvgIpc) is 3.55. The Kier molecular flexibility index (Phi) is 8.27. The van der Waals surface area contributed by atoms with Gasteiger partial charge in [-0.3, -0.25) is 9.69 Å². The van der Waals surface area contributed by atoms with Gasteiger partial charge in [-0.05, 0) is 47.4 Å². The summed E-state index contributed by atoms with van der Waals surface area (Å²) in [5, 5.41) is 11.7. The number of nitrogens with one attached hydrogen (secondary N) is 2. The molecule has 1 unspecified atom stereocenters. The number of imidazole rings is 1. The molecule has 1 fully saturated rings. The summed E-state index contributed by atoms with van der Waals surface area (Å²) in [6.07, 6.45) is 1.57. The summed E-state index contributed by atoms with van der Waals surface area (Å²) in [7, 11) is 0. The molecule has 3 aromatic carbocycles. The molecular weight excluding hydrogens is 579 g/mol. The molecule has 1 saturated heterocycles. The third-order valence-electron chi connectivity index (χ3n) is 7.08. The predicted molar refractivity (Wildman–Crippen MR) is 151 cm³/mol. The number of imide groups is 1. The fourth-order valence-corrected chi connectivity index (χ4v) is 5.21. The van der Waals surface area contributed by atoms with Gasteiger partial charge in [0.05, 0.1) is 18.5 Å². The van der Waals surface area contributed by atoms with Crippen LogP contribution in [-0.4, -0.2) is 51.7 Å². The summed E-state index contributed by atoms with van der Waals surface area (Å²) < 4.78 is 20.7. The van der Waals surface area contributed by atoms with Gasteiger partial charge in [-0.15, -0.1) is 0 Å². The summed E-state index contributed by atoms with van der Waals surface area (Å²) >= 11 is 3.28. The van der Waals surface area contributed by atoms with Crippen LogP contribution in [0.15, 0.2) is 83.5 Å². The van der Waals surface area contributed by atoms with Crippen LogP contribution in [0, 0.1) is 5.82 Å². The molecule has 8 nitrogen and oxygen atoms in total. The van der Waals surface area contributed by atoms with E-state index in [9.17, 15) is 14.0 Å². The standard InChI is InChI=1S/C30H28BrFN4O4/c1-18(19-5-3-2-4-6-19)24(28-33-16-26(34-28)23-12-9-21(31)15-25(23)32)17-36-29(38)27(35-30(36)39)20-7-10-22(11-8-20)40-14-13-37/h2-12,15-16,18,24,27,37H,13-14,17H2,1H3,(H,33,34)(H,35,39)/t18-,24?,27+/m0/s1. The molecule has 3 N–H and O–H groups in total. The van der Waals surface area contributed by atoms with Gasteiger partial charge < -0.3 is 20.1 Å². The largest absolute Gasteiger partial charge is 0.491 e. The number of rotatable bonds is 10. The number of hydrogen-bond acceptors (Lipinski definition) is 5. The lowest BCUT2D eigenvalue weighted by Gasteiger charge is -2.26. The lowest BCUT2D eigenvalue weighted by atomic mass is 9.86. The van der Waals surface area contributed by atoms with Crippen molar-refractivity contribution < 1.29 is 23.8 Å². The van der Waals surface area contributed by atoms with E-state index in [1.54, 1.807) is 42.6 Å². The molecule has 1 aromatic heterocycles. The Balaban J connectivity index is 1.42. The summed E-state index contributed by atoms with van der Waals surface area (Å²) in [5.41, 5.74) is 2.51. The third-order valence-corrected chi connectivity index (χ3v) is 7.57. The van der Waals surface area contributed by atoms with Crippen molar-refractivity contribution in [3.05, 3.63) is 106 Å². The van der Waals surface area contributed by atoms with Crippen LogP contribution < -0.4 is 10.1 Å². The normalized spacial score (nSPS) is 16.6. The Morgan fingerprint density at radius 3 is 2.55 bits per heavy atom. The number of aromatic nitrogens is 2. The van der Waals surface area contributed by atoms with Crippen LogP contribution in [0.2, 0.25) is 0 Å². The maximum Gasteiger partial charge on any atom is 0.325 e. The first kappa shape index (κ1) is 27.5. The third kappa shape index (κ3) is 5.78. The highest BCUT2D eigenvalue weighted by molar-refractivity contribution is 9.10. The zero-order valence-corrected chi connectivity index (χ0v) is 23.3. The Hall–Kier alpha value is -4.02. The summed E-state index contributed by atoms with van der Waals surface area (Å²) in [6, 6.07) is 20.1. The topological polar surface area (TPSA) is 108 Å². The average molecular weight is 607 g/mol. The lowest BCUT2D eigenvalue weighted by molar-refractivity contribution is -0.127. The molecule has 5 rings (SSSR count). The van der Waals surface area contributed by atoms with Crippen LogP contribution >= 0.6 is 15.9 Å². The maximum atomic E-state index is 14.7. The number of carbonyl (C=O) groups is 2. The first-order valence-electron chi connectivity index (χ1n) is 12.9. The van der Waals surface area contributed by atoms with E-state index in [2.05, 4.69) is 31.2 Å². The van der Waals surface area contributed by atoms with E-state index in [-0.39, 0.29) is 31.6 Å². The minimum Gasteiger partial charge on any atom is -0.491 e. The molecular formula is C30H28BrFN4O4. The van der Waals surface area contributed by atoms with E-state index in [1.165, 1.54) is 11.0 Å². The van der Waals surface area contributed by atoms with Gasteiger partial charge in [0.2, 0.25) is 0 Å². The van der Waals surface area contributed by atoms with E-state index in [0.717, 1.165) is 5.56 Å². The van der Waals surface area contributed by atoms with Crippen LogP contribution in [0.4, 0.5) is 9.18 Å². The van der Waals surface area contributed by atoms with Crippen molar-refractivity contribution in [3.63, 3.8) is 0 Å². The van der Waals surface area contributed by atoms with Crippen molar-refractivity contribution in [1.82, 2.24) is 20.2 Å². The Morgan fingerprint density at radius 1 is 1.10 bits per heavy atom. The van der Waals surface area contributed by atoms with Crippen LogP contribution in [-0.2, 0) is 4.79 Å². The molecule has 0 spiro atoms. The quantitative estimate of drug-likeness (QED) is 0.206. The van der Waals surface area contributed by atoms with Gasteiger partial charge in [0.15, 0.2) is 0 Å². The number of aliphatic hydroxyl groups is 1. The number of carbonyl (C=O) groups excluding carboxylic acids is 2. The second-order valence-corrected chi connectivity index (χ2v) is 10.5. The van der Waals surface area contributed by atoms with Gasteiger partial charge >= 0.3 is 6.03 Å². The minimum absolute atomic E-state index is 0.0741. The fourth-order valence-electron chi connectivity index (χ4n) is 4.87. The number of aromatic amines is 1. The zero-order valence-electron chi connectivity index (χ0n) is 21.7. The predicted octanol–water partition coefficient (Wildman–Crippen LogP) is 5.53. The van der Waals surface area contributed by atoms with E-state index in [0.29, 0.717) is 32.9 Å². The molecule has 2 heterocycles. The zero-order chi connectivity index (χ0) is 28.2. The number of amides is 3. The number of H-pyrrole nitrogens is 1. The first-order valence-corrected chi connectivity index (χ1v) is 13.7. The first-order chi connectivity index (χ1) is 19.4. The second kappa shape index (κ2) is 12.0. The van der Waals surface area contributed by atoms with E-state index < -0.39 is 23.8 Å². The maximum absolute atomic E-state index is 14.7. The Bertz CT molecular complexity index is 1500. The Labute approximate surface area is 239 Å². The van der Waals surface area contributed by atoms with E-state index >= 15 is 0 Å². The molecule has 0 bridgehead atoms. The van der Waals surface area contributed by atoms with Crippen molar-refractivity contribution in [2.24, 2.45) is 0 Å². The SMILES string of the molecule is C[C@@H](c1ccccc1)C(CN1C(=O)N[C@H](c2ccc(OCCO)cc2)C1=O)c1ncc(-c2ccc(Br)cc2F)[nH]1. The van der Waals surface area contributed by atoms with Gasteiger partial charge in [0.25, 0.3) is 5.91 Å². The van der Waals surface area contributed by atoms with Gasteiger partial charge in [-0.2, -0.15) is 0 Å². The molecule has 1 aliphatic rings. The van der Waals surface area contributed by atoms with Gasteiger partial charge in [0.1, 0.15) is 30.0 Å². The van der Waals surface area contributed by atoms with Gasteiger partial charge in [0, 0.05) is 22.5 Å². The molecule has 206 valence electrons. The highest BCUT2D eigenvalue weighted by Gasteiger charge is 2.41. The second-order valence-electron chi connectivity index (χ2n) is 9.58. The van der Waals surface area contributed by atoms with E-state index in [4.69, 9.17) is 9.84 Å². The monoisotopic (exact) mass is 606 g/mol. The summed E-state index contributed by atoms with van der Waals surface area (Å²) in [6.45, 7) is 2.15. The minimum atomic E-state index is -0.837. The van der Waals surface area contributed by atoms with Crippen LogP contribution in [0.1, 0.15) is 41.8 Å². The summed E-state index contributed by atoms with van der Waals surface area (Å²) in [4.78, 5) is 35.6. The van der Waals surface area contributed by atoms with Gasteiger partial charge in [-0.25, -0.2) is 14.2 Å². The lowest BCUT2D eigenvalue weighted by Crippen LogP contribution is -2.36. The highest BCUT2D eigenvalue weighted by Crippen LogP contribution is 2.35. The van der Waals surface area contributed by atoms with Crippen molar-refractivity contribution in [2.75, 3.05) is 19.8 Å². The van der Waals surface area contributed by atoms with Gasteiger partial charge in [-0.1, -0.05) is 65.3 Å². The van der Waals surface area contributed by atoms with Crippen molar-refractivity contribution >= 4 is 27.9 Å². The van der Waals surface area contributed by atoms with Crippen molar-refractivity contribution in [3.8, 4) is 17.0 Å². The molecule has 3 amide bonds. The number of hydrogen-bond donors (Lipinski definition) is 3. The van der Waals surface area contributed by atoms with E-state index in [1.807, 2.05) is 37.3 Å². The molecule has 3 atom stereocenters. The number of benzene rings is 3. The molecule has 40 heavy (non-hydrogen) atoms.